The van der Waals surface area contributed by atoms with Gasteiger partial charge in [0.05, 0.1) is 0 Å². The molecule has 1 aliphatic rings. The number of rotatable bonds is 4. The largest absolute Gasteiger partial charge is 0.354 e. The highest BCUT2D eigenvalue weighted by Gasteiger charge is 2.24. The van der Waals surface area contributed by atoms with E-state index >= 15 is 0 Å². The minimum Gasteiger partial charge on any atom is -0.354 e. The molecule has 0 saturated carbocycles. The van der Waals surface area contributed by atoms with E-state index in [2.05, 4.69) is 25.3 Å². The second kappa shape index (κ2) is 7.21. The molecule has 1 fully saturated rings. The summed E-state index contributed by atoms with van der Waals surface area (Å²) in [5.74, 6) is 0.815. The Balaban J connectivity index is 1.68. The molecule has 2 aromatic heterocycles. The van der Waals surface area contributed by atoms with Crippen molar-refractivity contribution in [3.05, 3.63) is 29.7 Å². The van der Waals surface area contributed by atoms with Gasteiger partial charge in [-0.25, -0.2) is 9.97 Å². The molecule has 1 N–H and O–H groups in total. The Labute approximate surface area is 145 Å². The van der Waals surface area contributed by atoms with Gasteiger partial charge in [0.2, 0.25) is 0 Å². The van der Waals surface area contributed by atoms with Gasteiger partial charge in [0.25, 0.3) is 5.91 Å². The van der Waals surface area contributed by atoms with Gasteiger partial charge in [-0.2, -0.15) is 5.10 Å². The molecule has 1 aliphatic heterocycles. The molecule has 0 aromatic carbocycles. The van der Waals surface area contributed by atoms with Gasteiger partial charge < -0.3 is 10.2 Å². The molecule has 2 aromatic rings. The van der Waals surface area contributed by atoms with Gasteiger partial charge in [0, 0.05) is 44.1 Å². The number of nitrogens with one attached hydrogen (secondary N) is 1. The first-order valence-corrected chi connectivity index (χ1v) is 9.23. The average Bonchev–Trinajstić information content (AvgIpc) is 3.01. The molecule has 0 bridgehead atoms. The van der Waals surface area contributed by atoms with Crippen LogP contribution in [-0.2, 0) is 7.05 Å². The number of hydrogen-bond donors (Lipinski definition) is 1. The molecule has 1 unspecified atom stereocenters. The maximum atomic E-state index is 12.3. The smallest absolute Gasteiger partial charge is 0.272 e. The highest BCUT2D eigenvalue weighted by molar-refractivity contribution is 7.98. The van der Waals surface area contributed by atoms with E-state index in [1.165, 1.54) is 0 Å². The molecule has 0 radical (unpaired) electrons. The number of nitrogens with zero attached hydrogens (tertiary/aromatic N) is 5. The van der Waals surface area contributed by atoms with Gasteiger partial charge in [0.15, 0.2) is 5.16 Å². The third kappa shape index (κ3) is 3.87. The summed E-state index contributed by atoms with van der Waals surface area (Å²) in [5.41, 5.74) is 1.42. The minimum absolute atomic E-state index is 0.0984. The van der Waals surface area contributed by atoms with Crippen LogP contribution in [0.1, 0.15) is 29.0 Å². The van der Waals surface area contributed by atoms with Crippen LogP contribution in [0.25, 0.3) is 0 Å². The average molecular weight is 346 g/mol. The van der Waals surface area contributed by atoms with Crippen molar-refractivity contribution in [3.8, 4) is 0 Å². The number of hydrogen-bond acceptors (Lipinski definition) is 6. The molecule has 128 valence electrons. The van der Waals surface area contributed by atoms with E-state index in [0.717, 1.165) is 42.6 Å². The Morgan fingerprint density at radius 3 is 2.96 bits per heavy atom. The Hall–Kier alpha value is -2.09. The lowest BCUT2D eigenvalue weighted by Crippen LogP contribution is -2.48. The van der Waals surface area contributed by atoms with Crippen molar-refractivity contribution in [2.45, 2.75) is 31.0 Å². The summed E-state index contributed by atoms with van der Waals surface area (Å²) >= 11 is 1.54. The molecule has 8 heteroatoms. The molecule has 0 spiro atoms. The quantitative estimate of drug-likeness (QED) is 0.670. The van der Waals surface area contributed by atoms with Crippen molar-refractivity contribution < 1.29 is 4.79 Å². The lowest BCUT2D eigenvalue weighted by molar-refractivity contribution is 0.0927. The van der Waals surface area contributed by atoms with Gasteiger partial charge in [-0.15, -0.1) is 0 Å². The Kier molecular flexibility index (Phi) is 5.03. The molecule has 7 nitrogen and oxygen atoms in total. The van der Waals surface area contributed by atoms with Crippen LogP contribution in [0.2, 0.25) is 0 Å². The number of thioether (sulfide) groups is 1. The first kappa shape index (κ1) is 16.8. The van der Waals surface area contributed by atoms with Crippen molar-refractivity contribution in [2.24, 2.45) is 7.05 Å². The Morgan fingerprint density at radius 2 is 2.25 bits per heavy atom. The van der Waals surface area contributed by atoms with Gasteiger partial charge in [-0.1, -0.05) is 11.8 Å². The van der Waals surface area contributed by atoms with Crippen molar-refractivity contribution >= 4 is 23.5 Å². The van der Waals surface area contributed by atoms with Crippen LogP contribution in [0.15, 0.2) is 23.5 Å². The SMILES string of the molecule is CSc1nc(C)cc(N2CCCC(NC(=O)c3ccn(C)n3)C2)n1. The first-order chi connectivity index (χ1) is 11.5. The predicted octanol–water partition coefficient (Wildman–Crippen LogP) is 1.64. The van der Waals surface area contributed by atoms with Crippen LogP contribution in [-0.4, -0.2) is 51.0 Å². The lowest BCUT2D eigenvalue weighted by atomic mass is 10.1. The summed E-state index contributed by atoms with van der Waals surface area (Å²) in [6.07, 6.45) is 5.74. The van der Waals surface area contributed by atoms with Gasteiger partial charge >= 0.3 is 0 Å². The van der Waals surface area contributed by atoms with Crippen LogP contribution in [0, 0.1) is 6.92 Å². The fourth-order valence-electron chi connectivity index (χ4n) is 2.88. The number of aryl methyl sites for hydroxylation is 2. The number of amides is 1. The topological polar surface area (TPSA) is 75.9 Å². The number of anilines is 1. The molecule has 24 heavy (non-hydrogen) atoms. The minimum atomic E-state index is -0.119. The van der Waals surface area contributed by atoms with Gasteiger partial charge in [-0.3, -0.25) is 9.48 Å². The van der Waals surface area contributed by atoms with Crippen molar-refractivity contribution in [3.63, 3.8) is 0 Å². The molecular formula is C16H22N6OS. The molecule has 0 aliphatic carbocycles. The van der Waals surface area contributed by atoms with Crippen molar-refractivity contribution in [2.75, 3.05) is 24.2 Å². The zero-order valence-electron chi connectivity index (χ0n) is 14.2. The van der Waals surface area contributed by atoms with Crippen LogP contribution in [0.4, 0.5) is 5.82 Å². The number of carbonyl (C=O) groups excluding carboxylic acids is 1. The third-order valence-corrected chi connectivity index (χ3v) is 4.58. The summed E-state index contributed by atoms with van der Waals surface area (Å²) in [7, 11) is 1.81. The molecule has 1 atom stereocenters. The third-order valence-electron chi connectivity index (χ3n) is 4.03. The van der Waals surface area contributed by atoms with Gasteiger partial charge in [-0.05, 0) is 32.1 Å². The molecule has 1 saturated heterocycles. The number of piperidine rings is 1. The fourth-order valence-corrected chi connectivity index (χ4v) is 3.30. The van der Waals surface area contributed by atoms with E-state index in [9.17, 15) is 4.79 Å². The standard InChI is InChI=1S/C16H22N6OS/c1-11-9-14(19-16(17-11)24-3)22-7-4-5-12(10-22)18-15(23)13-6-8-21(2)20-13/h6,8-9,12H,4-5,7,10H2,1-3H3,(H,18,23). The van der Waals surface area contributed by atoms with Crippen LogP contribution >= 0.6 is 11.8 Å². The Bertz CT molecular complexity index is 731. The first-order valence-electron chi connectivity index (χ1n) is 8.00. The second-order valence-corrected chi connectivity index (χ2v) is 6.76. The summed E-state index contributed by atoms with van der Waals surface area (Å²) < 4.78 is 1.63. The summed E-state index contributed by atoms with van der Waals surface area (Å²) in [5, 5.41) is 8.02. The number of carbonyl (C=O) groups is 1. The summed E-state index contributed by atoms with van der Waals surface area (Å²) in [6, 6.07) is 3.83. The monoisotopic (exact) mass is 346 g/mol. The predicted molar refractivity (Wildman–Crippen MR) is 94.5 cm³/mol. The van der Waals surface area contributed by atoms with Gasteiger partial charge in [0.1, 0.15) is 11.5 Å². The van der Waals surface area contributed by atoms with E-state index in [-0.39, 0.29) is 11.9 Å². The second-order valence-electron chi connectivity index (χ2n) is 5.99. The van der Waals surface area contributed by atoms with Crippen LogP contribution in [0.5, 0.6) is 0 Å². The molecule has 1 amide bonds. The maximum absolute atomic E-state index is 12.3. The summed E-state index contributed by atoms with van der Waals surface area (Å²) in [6.45, 7) is 3.68. The van der Waals surface area contributed by atoms with E-state index in [0.29, 0.717) is 5.69 Å². The van der Waals surface area contributed by atoms with E-state index < -0.39 is 0 Å². The zero-order valence-corrected chi connectivity index (χ0v) is 15.0. The molecule has 3 heterocycles. The Morgan fingerprint density at radius 1 is 1.42 bits per heavy atom. The maximum Gasteiger partial charge on any atom is 0.272 e. The van der Waals surface area contributed by atoms with E-state index in [1.807, 2.05) is 19.2 Å². The summed E-state index contributed by atoms with van der Waals surface area (Å²) in [4.78, 5) is 23.5. The van der Waals surface area contributed by atoms with Crippen molar-refractivity contribution in [1.82, 2.24) is 25.1 Å². The van der Waals surface area contributed by atoms with Crippen LogP contribution < -0.4 is 10.2 Å². The normalized spacial score (nSPS) is 17.8. The highest BCUT2D eigenvalue weighted by atomic mass is 32.2. The van der Waals surface area contributed by atoms with Crippen LogP contribution in [0.3, 0.4) is 0 Å². The zero-order chi connectivity index (χ0) is 17.1. The molecule has 3 rings (SSSR count). The fraction of sp³-hybridized carbons (Fsp3) is 0.500. The highest BCUT2D eigenvalue weighted by Crippen LogP contribution is 2.21. The number of aromatic nitrogens is 4. The van der Waals surface area contributed by atoms with E-state index in [1.54, 1.807) is 35.8 Å². The van der Waals surface area contributed by atoms with E-state index in [4.69, 9.17) is 0 Å². The lowest BCUT2D eigenvalue weighted by Gasteiger charge is -2.34. The molecular weight excluding hydrogens is 324 g/mol. The van der Waals surface area contributed by atoms with Crippen molar-refractivity contribution in [1.29, 1.82) is 0 Å².